The molecule has 6 nitrogen and oxygen atoms in total. The van der Waals surface area contributed by atoms with Crippen molar-refractivity contribution in [1.82, 2.24) is 9.29 Å². The molecule has 2 heterocycles. The second-order valence-electron chi connectivity index (χ2n) is 6.73. The number of nitrogens with zero attached hydrogens (tertiary/aromatic N) is 2. The molecule has 0 spiro atoms. The van der Waals surface area contributed by atoms with Crippen molar-refractivity contribution in [3.05, 3.63) is 53.7 Å². The standard InChI is InChI=1S/C19H22N2O4S/c1-26(24,25)21-11-3-4-14(13-21)12-17-5-2-10-20-18(17)15-6-8-16(9-7-15)19(22)23/h2,5-10,14H,3-4,11-13H2,1H3,(H,22,23). The topological polar surface area (TPSA) is 87.6 Å². The van der Waals surface area contributed by atoms with Crippen LogP contribution in [0, 0.1) is 5.92 Å². The highest BCUT2D eigenvalue weighted by molar-refractivity contribution is 7.88. The highest BCUT2D eigenvalue weighted by atomic mass is 32.2. The van der Waals surface area contributed by atoms with Crippen molar-refractivity contribution in [2.24, 2.45) is 5.92 Å². The third-order valence-corrected chi connectivity index (χ3v) is 6.03. The average molecular weight is 374 g/mol. The summed E-state index contributed by atoms with van der Waals surface area (Å²) in [6.45, 7) is 1.12. The van der Waals surface area contributed by atoms with Gasteiger partial charge in [0.05, 0.1) is 17.5 Å². The molecule has 1 saturated heterocycles. The summed E-state index contributed by atoms with van der Waals surface area (Å²) in [4.78, 5) is 15.5. The van der Waals surface area contributed by atoms with Crippen LogP contribution < -0.4 is 0 Å². The van der Waals surface area contributed by atoms with Crippen molar-refractivity contribution in [2.75, 3.05) is 19.3 Å². The quantitative estimate of drug-likeness (QED) is 0.869. The first-order valence-corrected chi connectivity index (χ1v) is 10.4. The van der Waals surface area contributed by atoms with E-state index in [0.29, 0.717) is 13.1 Å². The molecule has 0 saturated carbocycles. The predicted molar refractivity (Wildman–Crippen MR) is 99.5 cm³/mol. The molecule has 2 aromatic rings. The van der Waals surface area contributed by atoms with E-state index in [0.717, 1.165) is 36.1 Å². The summed E-state index contributed by atoms with van der Waals surface area (Å²) in [7, 11) is -3.16. The molecule has 0 bridgehead atoms. The van der Waals surface area contributed by atoms with Gasteiger partial charge in [0.15, 0.2) is 0 Å². The van der Waals surface area contributed by atoms with Crippen LogP contribution in [-0.4, -0.2) is 48.1 Å². The zero-order chi connectivity index (χ0) is 18.7. The zero-order valence-electron chi connectivity index (χ0n) is 14.6. The fourth-order valence-corrected chi connectivity index (χ4v) is 4.38. The Morgan fingerprint density at radius 2 is 2.00 bits per heavy atom. The smallest absolute Gasteiger partial charge is 0.335 e. The lowest BCUT2D eigenvalue weighted by molar-refractivity contribution is 0.0697. The molecule has 0 aliphatic carbocycles. The van der Waals surface area contributed by atoms with Crippen molar-refractivity contribution in [1.29, 1.82) is 0 Å². The number of carboxylic acids is 1. The van der Waals surface area contributed by atoms with Gasteiger partial charge in [0.1, 0.15) is 0 Å². The Labute approximate surface area is 153 Å². The summed E-state index contributed by atoms with van der Waals surface area (Å²) in [6.07, 6.45) is 5.57. The minimum atomic E-state index is -3.16. The largest absolute Gasteiger partial charge is 0.478 e. The Morgan fingerprint density at radius 1 is 1.27 bits per heavy atom. The van der Waals surface area contributed by atoms with E-state index in [2.05, 4.69) is 4.98 Å². The van der Waals surface area contributed by atoms with Gasteiger partial charge in [-0.15, -0.1) is 0 Å². The van der Waals surface area contributed by atoms with Crippen LogP contribution in [0.4, 0.5) is 0 Å². The lowest BCUT2D eigenvalue weighted by atomic mass is 9.90. The molecule has 1 aromatic heterocycles. The van der Waals surface area contributed by atoms with E-state index in [1.807, 2.05) is 12.1 Å². The Hall–Kier alpha value is -2.25. The molecule has 7 heteroatoms. The molecule has 1 aliphatic rings. The van der Waals surface area contributed by atoms with Gasteiger partial charge < -0.3 is 5.11 Å². The molecule has 1 unspecified atom stereocenters. The monoisotopic (exact) mass is 374 g/mol. The summed E-state index contributed by atoms with van der Waals surface area (Å²) in [5, 5.41) is 9.04. The maximum atomic E-state index is 11.8. The first-order chi connectivity index (χ1) is 12.3. The van der Waals surface area contributed by atoms with Crippen LogP contribution in [0.3, 0.4) is 0 Å². The fraction of sp³-hybridized carbons (Fsp3) is 0.368. The number of rotatable bonds is 5. The molecular formula is C19H22N2O4S. The van der Waals surface area contributed by atoms with Gasteiger partial charge in [0, 0.05) is 24.8 Å². The van der Waals surface area contributed by atoms with Crippen LogP contribution in [0.5, 0.6) is 0 Å². The predicted octanol–water partition coefficient (Wildman–Crippen LogP) is 2.66. The van der Waals surface area contributed by atoms with Crippen LogP contribution in [0.15, 0.2) is 42.6 Å². The number of benzene rings is 1. The highest BCUT2D eigenvalue weighted by Gasteiger charge is 2.26. The molecule has 1 aromatic carbocycles. The highest BCUT2D eigenvalue weighted by Crippen LogP contribution is 2.28. The van der Waals surface area contributed by atoms with Gasteiger partial charge in [-0.3, -0.25) is 4.98 Å². The number of hydrogen-bond acceptors (Lipinski definition) is 4. The van der Waals surface area contributed by atoms with Gasteiger partial charge in [-0.05, 0) is 48.9 Å². The Kier molecular flexibility index (Phi) is 5.38. The number of sulfonamides is 1. The normalized spacial score (nSPS) is 18.6. The number of carbonyl (C=O) groups is 1. The van der Waals surface area contributed by atoms with Gasteiger partial charge >= 0.3 is 5.97 Å². The van der Waals surface area contributed by atoms with Crippen molar-refractivity contribution in [3.8, 4) is 11.3 Å². The van der Waals surface area contributed by atoms with Crippen molar-refractivity contribution >= 4 is 16.0 Å². The number of aromatic nitrogens is 1. The molecule has 1 atom stereocenters. The lowest BCUT2D eigenvalue weighted by Gasteiger charge is -2.31. The van der Waals surface area contributed by atoms with E-state index in [1.54, 1.807) is 34.8 Å². The van der Waals surface area contributed by atoms with Gasteiger partial charge in [-0.25, -0.2) is 17.5 Å². The SMILES string of the molecule is CS(=O)(=O)N1CCCC(Cc2cccnc2-c2ccc(C(=O)O)cc2)C1. The third-order valence-electron chi connectivity index (χ3n) is 4.76. The summed E-state index contributed by atoms with van der Waals surface area (Å²) in [5.41, 5.74) is 2.97. The second kappa shape index (κ2) is 7.55. The Balaban J connectivity index is 1.82. The minimum Gasteiger partial charge on any atom is -0.478 e. The Bertz CT molecular complexity index is 894. The summed E-state index contributed by atoms with van der Waals surface area (Å²) in [5.74, 6) is -0.708. The number of piperidine rings is 1. The molecule has 0 amide bonds. The third kappa shape index (κ3) is 4.28. The molecule has 26 heavy (non-hydrogen) atoms. The van der Waals surface area contributed by atoms with Gasteiger partial charge in [-0.1, -0.05) is 18.2 Å². The van der Waals surface area contributed by atoms with Crippen LogP contribution in [-0.2, 0) is 16.4 Å². The van der Waals surface area contributed by atoms with Crippen molar-refractivity contribution in [3.63, 3.8) is 0 Å². The number of aromatic carboxylic acids is 1. The summed E-state index contributed by atoms with van der Waals surface area (Å²) >= 11 is 0. The fourth-order valence-electron chi connectivity index (χ4n) is 3.44. The maximum absolute atomic E-state index is 11.8. The van der Waals surface area contributed by atoms with Crippen LogP contribution in [0.2, 0.25) is 0 Å². The van der Waals surface area contributed by atoms with Crippen molar-refractivity contribution < 1.29 is 18.3 Å². The van der Waals surface area contributed by atoms with Crippen LogP contribution in [0.25, 0.3) is 11.3 Å². The molecule has 3 rings (SSSR count). The van der Waals surface area contributed by atoms with Gasteiger partial charge in [0.2, 0.25) is 10.0 Å². The van der Waals surface area contributed by atoms with E-state index in [9.17, 15) is 13.2 Å². The second-order valence-corrected chi connectivity index (χ2v) is 8.71. The number of hydrogen-bond donors (Lipinski definition) is 1. The number of pyridine rings is 1. The Morgan fingerprint density at radius 3 is 2.65 bits per heavy atom. The molecule has 138 valence electrons. The summed E-state index contributed by atoms with van der Waals surface area (Å²) < 4.78 is 25.2. The van der Waals surface area contributed by atoms with Crippen molar-refractivity contribution in [2.45, 2.75) is 19.3 Å². The molecule has 1 N–H and O–H groups in total. The van der Waals surface area contributed by atoms with Crippen LogP contribution >= 0.6 is 0 Å². The number of carboxylic acid groups (broad SMARTS) is 1. The molecule has 1 aliphatic heterocycles. The summed E-state index contributed by atoms with van der Waals surface area (Å²) in [6, 6.07) is 10.6. The molecule has 1 fully saturated rings. The van der Waals surface area contributed by atoms with Crippen LogP contribution in [0.1, 0.15) is 28.8 Å². The van der Waals surface area contributed by atoms with Gasteiger partial charge in [-0.2, -0.15) is 0 Å². The maximum Gasteiger partial charge on any atom is 0.335 e. The zero-order valence-corrected chi connectivity index (χ0v) is 15.4. The van der Waals surface area contributed by atoms with E-state index in [1.165, 1.54) is 6.26 Å². The molecule has 0 radical (unpaired) electrons. The first-order valence-electron chi connectivity index (χ1n) is 8.57. The van der Waals surface area contributed by atoms with Gasteiger partial charge in [0.25, 0.3) is 0 Å². The minimum absolute atomic E-state index is 0.238. The van der Waals surface area contributed by atoms with E-state index in [-0.39, 0.29) is 11.5 Å². The lowest BCUT2D eigenvalue weighted by Crippen LogP contribution is -2.39. The molecular weight excluding hydrogens is 352 g/mol. The van der Waals surface area contributed by atoms with E-state index in [4.69, 9.17) is 5.11 Å². The first kappa shape index (κ1) is 18.5. The average Bonchev–Trinajstić information content (AvgIpc) is 2.62. The van der Waals surface area contributed by atoms with E-state index < -0.39 is 16.0 Å². The van der Waals surface area contributed by atoms with E-state index >= 15 is 0 Å².